The smallest absolute Gasteiger partial charge is 0.0618 e. The summed E-state index contributed by atoms with van der Waals surface area (Å²) in [6.07, 6.45) is 0. The van der Waals surface area contributed by atoms with Gasteiger partial charge >= 0.3 is 0 Å². The van der Waals surface area contributed by atoms with Gasteiger partial charge in [0.1, 0.15) is 17.3 Å². The maximum absolute atomic E-state index is 2.30. The third-order valence-corrected chi connectivity index (χ3v) is 4.50. The summed E-state index contributed by atoms with van der Waals surface area (Å²) in [5.41, 5.74) is 3.19. The molecule has 0 spiro atoms. The van der Waals surface area contributed by atoms with Crippen molar-refractivity contribution in [1.82, 2.24) is 0 Å². The van der Waals surface area contributed by atoms with Crippen molar-refractivity contribution in [2.75, 3.05) is 5.75 Å². The van der Waals surface area contributed by atoms with Crippen LogP contribution >= 0.6 is 0 Å². The Bertz CT molecular complexity index is 230. The molecule has 11 heavy (non-hydrogen) atoms. The van der Waals surface area contributed by atoms with E-state index in [4.69, 9.17) is 0 Å². The molecule has 0 aliphatic carbocycles. The zero-order valence-corrected chi connectivity index (χ0v) is 7.66. The average Bonchev–Trinajstić information content (AvgIpc) is 2.46. The van der Waals surface area contributed by atoms with Gasteiger partial charge in [0.05, 0.1) is 0 Å². The molecule has 0 unspecified atom stereocenters. The van der Waals surface area contributed by atoms with Crippen molar-refractivity contribution >= 4 is 10.9 Å². The third kappa shape index (κ3) is 1.30. The number of hydrogen-bond acceptors (Lipinski definition) is 0. The second-order valence-electron chi connectivity index (χ2n) is 2.96. The van der Waals surface area contributed by atoms with E-state index in [1.165, 1.54) is 17.3 Å². The van der Waals surface area contributed by atoms with E-state index in [0.29, 0.717) is 10.9 Å². The van der Waals surface area contributed by atoms with E-state index in [1.54, 1.807) is 11.1 Å². The summed E-state index contributed by atoms with van der Waals surface area (Å²) in [6.45, 7) is 2.30. The lowest BCUT2D eigenvalue weighted by Crippen LogP contribution is -2.01. The van der Waals surface area contributed by atoms with Gasteiger partial charge in [-0.05, 0) is 17.8 Å². The summed E-state index contributed by atoms with van der Waals surface area (Å²) in [6, 6.07) is 8.86. The Morgan fingerprint density at radius 1 is 1.18 bits per heavy atom. The molecule has 1 aromatic carbocycles. The average molecular weight is 165 g/mol. The summed E-state index contributed by atoms with van der Waals surface area (Å²) in [7, 11) is 0.669. The van der Waals surface area contributed by atoms with Crippen molar-refractivity contribution in [2.24, 2.45) is 0 Å². The van der Waals surface area contributed by atoms with Crippen LogP contribution in [0.5, 0.6) is 0 Å². The van der Waals surface area contributed by atoms with Crippen molar-refractivity contribution in [3.05, 3.63) is 35.4 Å². The summed E-state index contributed by atoms with van der Waals surface area (Å²) in [4.78, 5) is 0. The Kier molecular flexibility index (Phi) is 1.91. The van der Waals surface area contributed by atoms with Gasteiger partial charge in [-0.1, -0.05) is 24.3 Å². The SMILES string of the molecule is CC[S+]1Cc2ccccc2C1. The van der Waals surface area contributed by atoms with Gasteiger partial charge in [-0.25, -0.2) is 0 Å². The highest BCUT2D eigenvalue weighted by Gasteiger charge is 2.26. The first-order valence-corrected chi connectivity index (χ1v) is 5.84. The maximum atomic E-state index is 2.30. The second-order valence-corrected chi connectivity index (χ2v) is 5.34. The highest BCUT2D eigenvalue weighted by molar-refractivity contribution is 7.95. The zero-order valence-electron chi connectivity index (χ0n) is 6.84. The predicted octanol–water partition coefficient (Wildman–Crippen LogP) is 2.34. The van der Waals surface area contributed by atoms with Crippen LogP contribution in [0.25, 0.3) is 0 Å². The fourth-order valence-electron chi connectivity index (χ4n) is 1.53. The zero-order chi connectivity index (χ0) is 7.68. The van der Waals surface area contributed by atoms with E-state index >= 15 is 0 Å². The molecule has 0 amide bonds. The van der Waals surface area contributed by atoms with Crippen LogP contribution in [0.4, 0.5) is 0 Å². The predicted molar refractivity (Wildman–Crippen MR) is 51.8 cm³/mol. The Hall–Kier alpha value is -0.430. The minimum absolute atomic E-state index is 0.669. The molecule has 1 aromatic rings. The number of rotatable bonds is 1. The van der Waals surface area contributed by atoms with E-state index in [-0.39, 0.29) is 0 Å². The van der Waals surface area contributed by atoms with Gasteiger partial charge in [0, 0.05) is 11.1 Å². The van der Waals surface area contributed by atoms with E-state index in [2.05, 4.69) is 31.2 Å². The normalized spacial score (nSPS) is 16.8. The largest absolute Gasteiger partial charge is 0.134 e. The molecule has 0 fully saturated rings. The fraction of sp³-hybridized carbons (Fsp3) is 0.400. The maximum Gasteiger partial charge on any atom is 0.134 e. The molecule has 1 aliphatic rings. The number of fused-ring (bicyclic) bond motifs is 1. The van der Waals surface area contributed by atoms with Gasteiger partial charge in [-0.3, -0.25) is 0 Å². The minimum atomic E-state index is 0.669. The van der Waals surface area contributed by atoms with Gasteiger partial charge in [-0.2, -0.15) is 0 Å². The summed E-state index contributed by atoms with van der Waals surface area (Å²) in [5.74, 6) is 4.04. The van der Waals surface area contributed by atoms with Crippen molar-refractivity contribution in [3.8, 4) is 0 Å². The fourth-order valence-corrected chi connectivity index (χ4v) is 3.49. The molecule has 0 nitrogen and oxygen atoms in total. The van der Waals surface area contributed by atoms with Gasteiger partial charge in [0.2, 0.25) is 0 Å². The quantitative estimate of drug-likeness (QED) is 0.560. The molecule has 58 valence electrons. The minimum Gasteiger partial charge on any atom is -0.0618 e. The van der Waals surface area contributed by atoms with E-state index in [0.717, 1.165) is 0 Å². The van der Waals surface area contributed by atoms with Crippen LogP contribution in [-0.2, 0) is 22.4 Å². The molecule has 0 saturated carbocycles. The van der Waals surface area contributed by atoms with Crippen LogP contribution in [-0.4, -0.2) is 5.75 Å². The molecule has 1 aliphatic heterocycles. The van der Waals surface area contributed by atoms with Crippen LogP contribution in [0.1, 0.15) is 18.1 Å². The van der Waals surface area contributed by atoms with Crippen molar-refractivity contribution < 1.29 is 0 Å². The Morgan fingerprint density at radius 2 is 1.73 bits per heavy atom. The van der Waals surface area contributed by atoms with Crippen LogP contribution in [0, 0.1) is 0 Å². The second kappa shape index (κ2) is 2.90. The monoisotopic (exact) mass is 165 g/mol. The standard InChI is InChI=1S/C10H13S/c1-2-11-7-9-5-3-4-6-10(9)8-11/h3-6H,2,7-8H2,1H3/q+1. The Balaban J connectivity index is 2.27. The van der Waals surface area contributed by atoms with Gasteiger partial charge in [0.15, 0.2) is 0 Å². The first-order valence-electron chi connectivity index (χ1n) is 4.11. The number of hydrogen-bond donors (Lipinski definition) is 0. The number of benzene rings is 1. The Morgan fingerprint density at radius 3 is 2.18 bits per heavy atom. The molecule has 1 heterocycles. The molecule has 0 saturated heterocycles. The van der Waals surface area contributed by atoms with Crippen LogP contribution in [0.2, 0.25) is 0 Å². The van der Waals surface area contributed by atoms with Crippen LogP contribution in [0.15, 0.2) is 24.3 Å². The highest BCUT2D eigenvalue weighted by atomic mass is 32.2. The van der Waals surface area contributed by atoms with E-state index < -0.39 is 0 Å². The van der Waals surface area contributed by atoms with Gasteiger partial charge in [0.25, 0.3) is 0 Å². The molecular weight excluding hydrogens is 152 g/mol. The highest BCUT2D eigenvalue weighted by Crippen LogP contribution is 2.25. The Labute approximate surface area is 71.0 Å². The molecule has 0 radical (unpaired) electrons. The molecule has 0 bridgehead atoms. The van der Waals surface area contributed by atoms with E-state index in [1.807, 2.05) is 0 Å². The summed E-state index contributed by atoms with van der Waals surface area (Å²) < 4.78 is 0. The van der Waals surface area contributed by atoms with E-state index in [9.17, 15) is 0 Å². The van der Waals surface area contributed by atoms with Crippen molar-refractivity contribution in [2.45, 2.75) is 18.4 Å². The molecular formula is C10H13S+. The lowest BCUT2D eigenvalue weighted by atomic mass is 10.1. The molecule has 0 aromatic heterocycles. The first-order chi connectivity index (χ1) is 5.40. The van der Waals surface area contributed by atoms with Gasteiger partial charge < -0.3 is 0 Å². The van der Waals surface area contributed by atoms with Crippen molar-refractivity contribution in [1.29, 1.82) is 0 Å². The topological polar surface area (TPSA) is 0 Å². The molecule has 0 atom stereocenters. The first kappa shape index (κ1) is 7.23. The lowest BCUT2D eigenvalue weighted by Gasteiger charge is -1.91. The lowest BCUT2D eigenvalue weighted by molar-refractivity contribution is 1.35. The van der Waals surface area contributed by atoms with Crippen molar-refractivity contribution in [3.63, 3.8) is 0 Å². The molecule has 0 N–H and O–H groups in total. The third-order valence-electron chi connectivity index (χ3n) is 2.25. The van der Waals surface area contributed by atoms with Crippen LogP contribution < -0.4 is 0 Å². The summed E-state index contributed by atoms with van der Waals surface area (Å²) in [5, 5.41) is 0. The molecule has 1 heteroatoms. The molecule has 2 rings (SSSR count). The summed E-state index contributed by atoms with van der Waals surface area (Å²) >= 11 is 0. The van der Waals surface area contributed by atoms with Gasteiger partial charge in [-0.15, -0.1) is 0 Å². The van der Waals surface area contributed by atoms with Crippen LogP contribution in [0.3, 0.4) is 0 Å².